The molecule has 7 rings (SSSR count). The van der Waals surface area contributed by atoms with Crippen LogP contribution < -0.4 is 24.6 Å². The number of rotatable bonds is 5. The molecule has 0 amide bonds. The molecule has 1 aliphatic rings. The van der Waals surface area contributed by atoms with E-state index < -0.39 is 11.5 Å². The van der Waals surface area contributed by atoms with Crippen molar-refractivity contribution in [2.24, 2.45) is 0 Å². The highest BCUT2D eigenvalue weighted by atomic mass is 16.5. The second kappa shape index (κ2) is 9.09. The van der Waals surface area contributed by atoms with Crippen LogP contribution in [0, 0.1) is 0 Å². The summed E-state index contributed by atoms with van der Waals surface area (Å²) in [6.07, 6.45) is 4.87. The van der Waals surface area contributed by atoms with E-state index in [0.29, 0.717) is 56.6 Å². The maximum atomic E-state index is 13.7. The lowest BCUT2D eigenvalue weighted by Crippen LogP contribution is -2.23. The van der Waals surface area contributed by atoms with Crippen molar-refractivity contribution in [3.63, 3.8) is 0 Å². The molecule has 5 heterocycles. The molecule has 198 valence electrons. The van der Waals surface area contributed by atoms with Gasteiger partial charge in [-0.1, -0.05) is 12.1 Å². The standard InChI is InChI=1S/C29H21N5O6/c1-36-19-13-21(38-3)20(37-2)12-17(19)22-23-25(16-6-4-5-7-18(16)39-29(23)35)40-28-24(22)27-32-26(33-34(27)14-31-28)15-8-10-30-11-9-15/h4-14,22H,1-3H3. The molecule has 1 aliphatic heterocycles. The molecule has 0 bridgehead atoms. The third-order valence-corrected chi connectivity index (χ3v) is 6.95. The number of pyridine rings is 1. The second-order valence-corrected chi connectivity index (χ2v) is 9.02. The minimum absolute atomic E-state index is 0.278. The average Bonchev–Trinajstić information content (AvgIpc) is 3.45. The molecule has 0 aliphatic carbocycles. The van der Waals surface area contributed by atoms with Crippen molar-refractivity contribution in [3.05, 3.63) is 94.4 Å². The van der Waals surface area contributed by atoms with Crippen molar-refractivity contribution in [3.8, 4) is 40.3 Å². The molecular formula is C29H21N5O6. The number of benzene rings is 2. The van der Waals surface area contributed by atoms with Gasteiger partial charge in [0.15, 0.2) is 28.7 Å². The molecule has 1 atom stereocenters. The lowest BCUT2D eigenvalue weighted by Gasteiger charge is -2.28. The molecule has 1 unspecified atom stereocenters. The molecule has 4 aromatic heterocycles. The van der Waals surface area contributed by atoms with E-state index in [1.807, 2.05) is 24.3 Å². The highest BCUT2D eigenvalue weighted by Crippen LogP contribution is 2.52. The predicted octanol–water partition coefficient (Wildman–Crippen LogP) is 4.60. The lowest BCUT2D eigenvalue weighted by molar-refractivity contribution is 0.346. The Morgan fingerprint density at radius 1 is 0.900 bits per heavy atom. The van der Waals surface area contributed by atoms with Crippen LogP contribution in [0.1, 0.15) is 22.6 Å². The third-order valence-electron chi connectivity index (χ3n) is 6.95. The van der Waals surface area contributed by atoms with Gasteiger partial charge in [-0.2, -0.15) is 0 Å². The topological polar surface area (TPSA) is 123 Å². The summed E-state index contributed by atoms with van der Waals surface area (Å²) in [5.74, 6) is 1.73. The van der Waals surface area contributed by atoms with E-state index in [0.717, 1.165) is 5.56 Å². The number of fused-ring (bicyclic) bond motifs is 6. The van der Waals surface area contributed by atoms with Crippen LogP contribution in [0.25, 0.3) is 28.0 Å². The van der Waals surface area contributed by atoms with Gasteiger partial charge < -0.3 is 23.4 Å². The van der Waals surface area contributed by atoms with Crippen molar-refractivity contribution in [1.29, 1.82) is 0 Å². The van der Waals surface area contributed by atoms with Crippen LogP contribution in [-0.4, -0.2) is 45.9 Å². The smallest absolute Gasteiger partial charge is 0.344 e. The number of ether oxygens (including phenoxy) is 4. The third kappa shape index (κ3) is 3.48. The summed E-state index contributed by atoms with van der Waals surface area (Å²) >= 11 is 0. The van der Waals surface area contributed by atoms with E-state index in [9.17, 15) is 4.79 Å². The minimum Gasteiger partial charge on any atom is -0.496 e. The summed E-state index contributed by atoms with van der Waals surface area (Å²) in [6.45, 7) is 0. The summed E-state index contributed by atoms with van der Waals surface area (Å²) in [6, 6.07) is 14.3. The van der Waals surface area contributed by atoms with E-state index in [1.165, 1.54) is 6.33 Å². The number of hydrogen-bond acceptors (Lipinski definition) is 10. The Kier molecular flexibility index (Phi) is 5.37. The Balaban J connectivity index is 1.59. The van der Waals surface area contributed by atoms with Gasteiger partial charge in [-0.05, 0) is 30.3 Å². The highest BCUT2D eigenvalue weighted by Gasteiger charge is 2.39. The van der Waals surface area contributed by atoms with E-state index in [2.05, 4.69) is 15.1 Å². The maximum absolute atomic E-state index is 13.7. The Bertz CT molecular complexity index is 1990. The van der Waals surface area contributed by atoms with Crippen molar-refractivity contribution < 1.29 is 23.4 Å². The maximum Gasteiger partial charge on any atom is 0.344 e. The number of methoxy groups -OCH3 is 3. The first kappa shape index (κ1) is 23.7. The summed E-state index contributed by atoms with van der Waals surface area (Å²) in [4.78, 5) is 27.2. The number of aromatic nitrogens is 5. The van der Waals surface area contributed by atoms with Crippen LogP contribution in [0.5, 0.6) is 28.9 Å². The Labute approximate surface area is 226 Å². The monoisotopic (exact) mass is 535 g/mol. The van der Waals surface area contributed by atoms with Crippen LogP contribution in [0.2, 0.25) is 0 Å². The van der Waals surface area contributed by atoms with Crippen LogP contribution in [-0.2, 0) is 0 Å². The fourth-order valence-electron chi connectivity index (χ4n) is 5.14. The lowest BCUT2D eigenvalue weighted by atomic mass is 9.83. The van der Waals surface area contributed by atoms with E-state index >= 15 is 0 Å². The quantitative estimate of drug-likeness (QED) is 0.289. The van der Waals surface area contributed by atoms with Gasteiger partial charge in [-0.25, -0.2) is 19.3 Å². The van der Waals surface area contributed by atoms with Crippen LogP contribution in [0.4, 0.5) is 0 Å². The first-order chi connectivity index (χ1) is 19.6. The van der Waals surface area contributed by atoms with Crippen LogP contribution in [0.3, 0.4) is 0 Å². The molecule has 6 aromatic rings. The van der Waals surface area contributed by atoms with E-state index in [4.69, 9.17) is 28.3 Å². The highest BCUT2D eigenvalue weighted by molar-refractivity contribution is 5.87. The zero-order chi connectivity index (χ0) is 27.4. The number of para-hydroxylation sites is 1. The summed E-state index contributed by atoms with van der Waals surface area (Å²) in [5, 5.41) is 5.27. The zero-order valence-electron chi connectivity index (χ0n) is 21.6. The van der Waals surface area contributed by atoms with Gasteiger partial charge in [-0.3, -0.25) is 4.98 Å². The Morgan fingerprint density at radius 3 is 2.42 bits per heavy atom. The van der Waals surface area contributed by atoms with Gasteiger partial charge in [-0.15, -0.1) is 5.10 Å². The number of nitrogens with zero attached hydrogens (tertiary/aromatic N) is 5. The molecule has 40 heavy (non-hydrogen) atoms. The minimum atomic E-state index is -0.764. The molecule has 2 aromatic carbocycles. The normalized spacial score (nSPS) is 13.9. The molecule has 0 saturated heterocycles. The largest absolute Gasteiger partial charge is 0.496 e. The fourth-order valence-corrected chi connectivity index (χ4v) is 5.14. The van der Waals surface area contributed by atoms with Crippen LogP contribution in [0.15, 0.2) is 76.5 Å². The summed E-state index contributed by atoms with van der Waals surface area (Å²) in [5.41, 5.74) is 2.48. The van der Waals surface area contributed by atoms with Gasteiger partial charge in [0.05, 0.1) is 43.8 Å². The average molecular weight is 536 g/mol. The zero-order valence-corrected chi connectivity index (χ0v) is 21.6. The van der Waals surface area contributed by atoms with Gasteiger partial charge in [0.25, 0.3) is 0 Å². The fraction of sp³-hybridized carbons (Fsp3) is 0.138. The van der Waals surface area contributed by atoms with Crippen molar-refractivity contribution in [1.82, 2.24) is 24.6 Å². The molecule has 0 saturated carbocycles. The SMILES string of the molecule is COc1cc(OC)c(C2c3c(c4ccccc4oc3=O)Oc3ncn4nc(-c5ccncc5)nc4c32)cc1OC. The molecular weight excluding hydrogens is 514 g/mol. The second-order valence-electron chi connectivity index (χ2n) is 9.02. The molecule has 0 radical (unpaired) electrons. The molecule has 0 N–H and O–H groups in total. The predicted molar refractivity (Wildman–Crippen MR) is 144 cm³/mol. The molecule has 0 fully saturated rings. The van der Waals surface area contributed by atoms with Crippen molar-refractivity contribution in [2.45, 2.75) is 5.92 Å². The Morgan fingerprint density at radius 2 is 1.65 bits per heavy atom. The van der Waals surface area contributed by atoms with E-state index in [-0.39, 0.29) is 11.4 Å². The molecule has 11 nitrogen and oxygen atoms in total. The van der Waals surface area contributed by atoms with Gasteiger partial charge in [0.1, 0.15) is 17.7 Å². The number of hydrogen-bond donors (Lipinski definition) is 0. The van der Waals surface area contributed by atoms with Crippen molar-refractivity contribution >= 4 is 16.6 Å². The molecule has 0 spiro atoms. The summed E-state index contributed by atoms with van der Waals surface area (Å²) < 4.78 is 30.7. The summed E-state index contributed by atoms with van der Waals surface area (Å²) in [7, 11) is 4.63. The van der Waals surface area contributed by atoms with Crippen LogP contribution >= 0.6 is 0 Å². The van der Waals surface area contributed by atoms with Gasteiger partial charge in [0.2, 0.25) is 5.88 Å². The molecule has 11 heteroatoms. The first-order valence-corrected chi connectivity index (χ1v) is 12.3. The van der Waals surface area contributed by atoms with E-state index in [1.54, 1.807) is 62.5 Å². The van der Waals surface area contributed by atoms with Crippen molar-refractivity contribution in [2.75, 3.05) is 21.3 Å². The van der Waals surface area contributed by atoms with Gasteiger partial charge in [0, 0.05) is 29.6 Å². The van der Waals surface area contributed by atoms with Gasteiger partial charge >= 0.3 is 5.63 Å². The Hall–Kier alpha value is -5.45. The first-order valence-electron chi connectivity index (χ1n) is 12.3.